The Morgan fingerprint density at radius 1 is 1.23 bits per heavy atom. The normalized spacial score (nSPS) is 17.2. The molecule has 3 aromatic rings. The highest BCUT2D eigenvalue weighted by molar-refractivity contribution is 6.30. The summed E-state index contributed by atoms with van der Waals surface area (Å²) in [6.45, 7) is 12.7. The Morgan fingerprint density at radius 2 is 2.00 bits per heavy atom. The lowest BCUT2D eigenvalue weighted by molar-refractivity contribution is -0.115. The van der Waals surface area contributed by atoms with Gasteiger partial charge in [0.15, 0.2) is 11.5 Å². The summed E-state index contributed by atoms with van der Waals surface area (Å²) in [5, 5.41) is 16.7. The van der Waals surface area contributed by atoms with Crippen LogP contribution in [-0.4, -0.2) is 56.7 Å². The Morgan fingerprint density at radius 3 is 2.67 bits per heavy atom. The lowest BCUT2D eigenvalue weighted by Crippen LogP contribution is -2.37. The number of halogens is 1. The van der Waals surface area contributed by atoms with Crippen LogP contribution >= 0.6 is 11.6 Å². The molecule has 5 rings (SSSR count). The van der Waals surface area contributed by atoms with Crippen molar-refractivity contribution in [3.05, 3.63) is 65.3 Å². The van der Waals surface area contributed by atoms with Crippen molar-refractivity contribution in [3.8, 4) is 0 Å². The van der Waals surface area contributed by atoms with Crippen LogP contribution in [0, 0.1) is 5.92 Å². The Labute approximate surface area is 237 Å². The molecule has 4 N–H and O–H groups in total. The van der Waals surface area contributed by atoms with Gasteiger partial charge in [-0.2, -0.15) is 9.61 Å². The number of carbonyl (C=O) groups is 2. The minimum Gasteiger partial charge on any atom is -0.474 e. The Bertz CT molecular complexity index is 1480. The molecule has 2 aliphatic heterocycles. The molecule has 2 aliphatic rings. The first-order chi connectivity index (χ1) is 19.0. The van der Waals surface area contributed by atoms with Gasteiger partial charge in [-0.25, -0.2) is 9.78 Å². The fourth-order valence-electron chi connectivity index (χ4n) is 4.68. The predicted octanol–water partition coefficient (Wildman–Crippen LogP) is 4.72. The minimum atomic E-state index is -0.564. The molecular formula is C28H33ClN8O3. The highest BCUT2D eigenvalue weighted by Gasteiger charge is 2.25. The summed E-state index contributed by atoms with van der Waals surface area (Å²) >= 11 is 6.18. The third kappa shape index (κ3) is 6.48. The van der Waals surface area contributed by atoms with Gasteiger partial charge in [-0.3, -0.25) is 10.1 Å². The molecule has 0 saturated carbocycles. The maximum Gasteiger partial charge on any atom is 0.326 e. The second-order valence-corrected chi connectivity index (χ2v) is 11.3. The van der Waals surface area contributed by atoms with Crippen LogP contribution in [0.5, 0.6) is 0 Å². The maximum atomic E-state index is 12.1. The van der Waals surface area contributed by atoms with Crippen molar-refractivity contribution < 1.29 is 14.3 Å². The van der Waals surface area contributed by atoms with Crippen LogP contribution in [0.25, 0.3) is 11.7 Å². The highest BCUT2D eigenvalue weighted by Crippen LogP contribution is 2.27. The highest BCUT2D eigenvalue weighted by atomic mass is 35.5. The van der Waals surface area contributed by atoms with Gasteiger partial charge in [0.2, 0.25) is 0 Å². The summed E-state index contributed by atoms with van der Waals surface area (Å²) in [7, 11) is 0. The molecule has 0 unspecified atom stereocenters. The van der Waals surface area contributed by atoms with Crippen molar-refractivity contribution in [2.24, 2.45) is 5.92 Å². The van der Waals surface area contributed by atoms with E-state index in [1.807, 2.05) is 45.0 Å². The molecule has 0 aliphatic carbocycles. The van der Waals surface area contributed by atoms with E-state index in [1.54, 1.807) is 22.9 Å². The number of aromatic nitrogens is 3. The van der Waals surface area contributed by atoms with Gasteiger partial charge < -0.3 is 25.6 Å². The van der Waals surface area contributed by atoms with E-state index in [9.17, 15) is 9.59 Å². The van der Waals surface area contributed by atoms with Gasteiger partial charge in [-0.15, -0.1) is 0 Å². The molecular weight excluding hydrogens is 532 g/mol. The van der Waals surface area contributed by atoms with Crippen LogP contribution in [0.3, 0.4) is 0 Å². The van der Waals surface area contributed by atoms with Crippen molar-refractivity contribution in [2.75, 3.05) is 30.3 Å². The number of urea groups is 1. The monoisotopic (exact) mass is 564 g/mol. The average Bonchev–Trinajstić information content (AvgIpc) is 3.43. The van der Waals surface area contributed by atoms with Crippen LogP contribution in [0.4, 0.5) is 22.1 Å². The number of amides is 3. The number of nitrogens with zero attached hydrogens (tertiary/aromatic N) is 4. The molecule has 0 spiro atoms. The molecule has 0 radical (unpaired) electrons. The van der Waals surface area contributed by atoms with Crippen LogP contribution in [0.2, 0.25) is 5.02 Å². The van der Waals surface area contributed by atoms with Crippen LogP contribution < -0.4 is 21.3 Å². The lowest BCUT2D eigenvalue weighted by atomic mass is 9.97. The Balaban J connectivity index is 1.36. The van der Waals surface area contributed by atoms with E-state index >= 15 is 0 Å². The molecule has 40 heavy (non-hydrogen) atoms. The largest absolute Gasteiger partial charge is 0.474 e. The Kier molecular flexibility index (Phi) is 7.57. The van der Waals surface area contributed by atoms with E-state index in [1.165, 1.54) is 0 Å². The number of likely N-dealkylation sites (tertiary alicyclic amines) is 1. The topological polar surface area (TPSA) is 125 Å². The summed E-state index contributed by atoms with van der Waals surface area (Å²) in [5.41, 5.74) is 1.73. The summed E-state index contributed by atoms with van der Waals surface area (Å²) in [4.78, 5) is 30.6. The molecule has 4 heterocycles. The van der Waals surface area contributed by atoms with Crippen molar-refractivity contribution in [3.63, 3.8) is 0 Å². The van der Waals surface area contributed by atoms with Gasteiger partial charge >= 0.3 is 6.03 Å². The molecule has 2 saturated heterocycles. The number of fused-ring (bicyclic) bond motifs is 1. The van der Waals surface area contributed by atoms with Crippen molar-refractivity contribution in [1.29, 1.82) is 0 Å². The van der Waals surface area contributed by atoms with Crippen molar-refractivity contribution in [2.45, 2.75) is 39.2 Å². The molecule has 0 bridgehead atoms. The summed E-state index contributed by atoms with van der Waals surface area (Å²) in [5.74, 6) is 1.97. The third-order valence-electron chi connectivity index (χ3n) is 6.58. The minimum absolute atomic E-state index is 0.133. The first-order valence-corrected chi connectivity index (χ1v) is 13.5. The number of carbonyl (C=O) groups excluding carboxylic acids is 2. The molecule has 11 nitrogen and oxygen atoms in total. The molecule has 210 valence electrons. The quantitative estimate of drug-likeness (QED) is 0.176. The Hall–Kier alpha value is -4.25. The van der Waals surface area contributed by atoms with Gasteiger partial charge in [0.05, 0.1) is 6.20 Å². The second-order valence-electron chi connectivity index (χ2n) is 10.9. The van der Waals surface area contributed by atoms with E-state index in [-0.39, 0.29) is 11.3 Å². The number of hydrogen-bond acceptors (Lipinski definition) is 8. The van der Waals surface area contributed by atoms with Gasteiger partial charge in [-0.05, 0) is 70.4 Å². The zero-order valence-corrected chi connectivity index (χ0v) is 23.5. The van der Waals surface area contributed by atoms with Crippen LogP contribution in [-0.2, 0) is 9.53 Å². The zero-order chi connectivity index (χ0) is 28.4. The van der Waals surface area contributed by atoms with Gasteiger partial charge in [0, 0.05) is 42.0 Å². The molecule has 2 aromatic heterocycles. The van der Waals surface area contributed by atoms with E-state index in [0.717, 1.165) is 49.9 Å². The number of nitrogens with one attached hydrogen (secondary N) is 4. The number of ether oxygens (including phenoxy) is 1. The number of anilines is 3. The standard InChI is InChI=1S/C28H33ClN8O3/c1-17(40-28(2,3)4)36-10-8-18(9-11-36)15-30-24-14-23(32-21-7-5-6-20(29)13-21)34-25-19(16-31-37(24)25)12-22-26(38)35-27(39)33-22/h5-7,12-14,16,18,30H,1,8-11,15H2,2-4H3,(H,32,34)(H2,33,35,38,39)/b22-12-. The van der Waals surface area contributed by atoms with E-state index in [2.05, 4.69) is 37.8 Å². The first-order valence-electron chi connectivity index (χ1n) is 13.2. The number of piperidine rings is 1. The van der Waals surface area contributed by atoms with Crippen molar-refractivity contribution in [1.82, 2.24) is 30.1 Å². The zero-order valence-electron chi connectivity index (χ0n) is 22.8. The van der Waals surface area contributed by atoms with E-state index in [4.69, 9.17) is 21.3 Å². The third-order valence-corrected chi connectivity index (χ3v) is 6.81. The SMILES string of the molecule is C=C(OC(C)(C)C)N1CCC(CNc2cc(Nc3cccc(Cl)c3)nc3c(/C=C4\NC(=O)NC4=O)cnn23)CC1. The number of hydrogen-bond donors (Lipinski definition) is 4. The second kappa shape index (κ2) is 11.1. The average molecular weight is 565 g/mol. The lowest BCUT2D eigenvalue weighted by Gasteiger charge is -2.36. The first kappa shape index (κ1) is 27.3. The van der Waals surface area contributed by atoms with E-state index < -0.39 is 11.9 Å². The van der Waals surface area contributed by atoms with Crippen molar-refractivity contribution >= 4 is 52.6 Å². The molecule has 12 heteroatoms. The molecule has 1 aromatic carbocycles. The maximum absolute atomic E-state index is 12.1. The number of benzene rings is 1. The number of rotatable bonds is 8. The van der Waals surface area contributed by atoms with Gasteiger partial charge in [0.25, 0.3) is 5.91 Å². The van der Waals surface area contributed by atoms with E-state index in [0.29, 0.717) is 28.0 Å². The molecule has 3 amide bonds. The molecule has 0 atom stereocenters. The number of imide groups is 1. The van der Waals surface area contributed by atoms with Gasteiger partial charge in [0.1, 0.15) is 22.9 Å². The predicted molar refractivity (Wildman–Crippen MR) is 155 cm³/mol. The fourth-order valence-corrected chi connectivity index (χ4v) is 4.87. The summed E-state index contributed by atoms with van der Waals surface area (Å²) in [6.07, 6.45) is 5.16. The molecule has 2 fully saturated rings. The summed E-state index contributed by atoms with van der Waals surface area (Å²) in [6, 6.07) is 8.68. The smallest absolute Gasteiger partial charge is 0.326 e. The fraction of sp³-hybridized carbons (Fsp3) is 0.357. The summed E-state index contributed by atoms with van der Waals surface area (Å²) < 4.78 is 7.64. The van der Waals surface area contributed by atoms with Gasteiger partial charge in [-0.1, -0.05) is 17.7 Å². The van der Waals surface area contributed by atoms with Crippen LogP contribution in [0.15, 0.2) is 54.7 Å². The van der Waals surface area contributed by atoms with Crippen LogP contribution in [0.1, 0.15) is 39.2 Å².